The molecule has 0 radical (unpaired) electrons. The molecule has 0 spiro atoms. The van der Waals surface area contributed by atoms with Gasteiger partial charge < -0.3 is 9.84 Å². The molecule has 0 atom stereocenters. The van der Waals surface area contributed by atoms with Crippen LogP contribution in [0.3, 0.4) is 0 Å². The normalized spacial score (nSPS) is 23.6. The Morgan fingerprint density at radius 2 is 1.40 bits per heavy atom. The zero-order valence-electron chi connectivity index (χ0n) is 10.1. The number of ether oxygens (including phenoxy) is 1. The molecule has 2 heteroatoms. The van der Waals surface area contributed by atoms with E-state index in [1.165, 1.54) is 32.1 Å². The summed E-state index contributed by atoms with van der Waals surface area (Å²) in [6, 6.07) is 0. The molecule has 0 unspecified atom stereocenters. The maximum absolute atomic E-state index is 10.3. The van der Waals surface area contributed by atoms with E-state index < -0.39 is 5.79 Å². The highest BCUT2D eigenvalue weighted by Gasteiger charge is 2.26. The van der Waals surface area contributed by atoms with Crippen LogP contribution in [0.1, 0.15) is 71.1 Å². The molecule has 1 N–H and O–H groups in total. The summed E-state index contributed by atoms with van der Waals surface area (Å²) in [5.74, 6) is -0.812. The first-order valence-electron chi connectivity index (χ1n) is 6.63. The first-order chi connectivity index (χ1) is 7.27. The molecule has 1 saturated carbocycles. The molecule has 0 heterocycles. The van der Waals surface area contributed by atoms with Gasteiger partial charge in [0.25, 0.3) is 0 Å². The van der Waals surface area contributed by atoms with Crippen molar-refractivity contribution < 1.29 is 9.84 Å². The van der Waals surface area contributed by atoms with Crippen molar-refractivity contribution in [3.63, 3.8) is 0 Å². The minimum Gasteiger partial charge on any atom is -0.365 e. The second kappa shape index (κ2) is 7.24. The summed E-state index contributed by atoms with van der Waals surface area (Å²) in [4.78, 5) is 0. The molecule has 0 aromatic rings. The van der Waals surface area contributed by atoms with E-state index in [2.05, 4.69) is 6.92 Å². The van der Waals surface area contributed by atoms with Gasteiger partial charge >= 0.3 is 0 Å². The quantitative estimate of drug-likeness (QED) is 0.727. The lowest BCUT2D eigenvalue weighted by molar-refractivity contribution is -0.213. The lowest BCUT2D eigenvalue weighted by atomic mass is 9.96. The Morgan fingerprint density at radius 3 is 1.87 bits per heavy atom. The highest BCUT2D eigenvalue weighted by Crippen LogP contribution is 2.26. The molecule has 0 aromatic heterocycles. The molecule has 1 aliphatic rings. The van der Waals surface area contributed by atoms with E-state index in [1.807, 2.05) is 0 Å². The fraction of sp³-hybridized carbons (Fsp3) is 1.00. The van der Waals surface area contributed by atoms with Crippen molar-refractivity contribution in [2.45, 2.75) is 76.9 Å². The Balaban J connectivity index is 2.35. The van der Waals surface area contributed by atoms with Gasteiger partial charge in [-0.2, -0.15) is 0 Å². The van der Waals surface area contributed by atoms with Gasteiger partial charge in [-0.15, -0.1) is 0 Å². The van der Waals surface area contributed by atoms with E-state index in [9.17, 15) is 5.11 Å². The van der Waals surface area contributed by atoms with Crippen LogP contribution in [0.2, 0.25) is 0 Å². The van der Waals surface area contributed by atoms with Crippen LogP contribution in [0.4, 0.5) is 0 Å². The summed E-state index contributed by atoms with van der Waals surface area (Å²) < 4.78 is 5.61. The fourth-order valence-corrected chi connectivity index (χ4v) is 2.25. The maximum Gasteiger partial charge on any atom is 0.165 e. The van der Waals surface area contributed by atoms with Crippen molar-refractivity contribution in [3.05, 3.63) is 0 Å². The van der Waals surface area contributed by atoms with Gasteiger partial charge in [0.05, 0.1) is 0 Å². The Morgan fingerprint density at radius 1 is 0.933 bits per heavy atom. The van der Waals surface area contributed by atoms with Gasteiger partial charge in [0.15, 0.2) is 5.79 Å². The van der Waals surface area contributed by atoms with Crippen LogP contribution in [0.25, 0.3) is 0 Å². The smallest absolute Gasteiger partial charge is 0.165 e. The Hall–Kier alpha value is -0.0800. The molecule has 0 bridgehead atoms. The second-order valence-electron chi connectivity index (χ2n) is 4.77. The van der Waals surface area contributed by atoms with Crippen LogP contribution in [-0.4, -0.2) is 17.5 Å². The summed E-state index contributed by atoms with van der Waals surface area (Å²) in [5, 5.41) is 10.3. The van der Waals surface area contributed by atoms with Gasteiger partial charge in [-0.05, 0) is 19.3 Å². The SMILES string of the molecule is CCCOC1(O)CCCCCCCCC1. The van der Waals surface area contributed by atoms with Crippen molar-refractivity contribution >= 4 is 0 Å². The highest BCUT2D eigenvalue weighted by atomic mass is 16.6. The first kappa shape index (κ1) is 13.0. The lowest BCUT2D eigenvalue weighted by Crippen LogP contribution is -2.33. The van der Waals surface area contributed by atoms with Crippen LogP contribution >= 0.6 is 0 Å². The van der Waals surface area contributed by atoms with E-state index in [0.717, 1.165) is 32.1 Å². The van der Waals surface area contributed by atoms with Gasteiger partial charge in [-0.3, -0.25) is 0 Å². The number of rotatable bonds is 3. The van der Waals surface area contributed by atoms with Gasteiger partial charge in [0.1, 0.15) is 0 Å². The molecule has 0 amide bonds. The zero-order valence-corrected chi connectivity index (χ0v) is 10.1. The van der Waals surface area contributed by atoms with Gasteiger partial charge in [-0.25, -0.2) is 0 Å². The van der Waals surface area contributed by atoms with Crippen molar-refractivity contribution in [3.8, 4) is 0 Å². The predicted octanol–water partition coefficient (Wildman–Crippen LogP) is 3.63. The van der Waals surface area contributed by atoms with Crippen LogP contribution in [0.15, 0.2) is 0 Å². The third-order valence-corrected chi connectivity index (χ3v) is 3.21. The first-order valence-corrected chi connectivity index (χ1v) is 6.63. The van der Waals surface area contributed by atoms with E-state index in [1.54, 1.807) is 0 Å². The summed E-state index contributed by atoms with van der Waals surface area (Å²) in [7, 11) is 0. The Kier molecular flexibility index (Phi) is 6.26. The van der Waals surface area contributed by atoms with Crippen molar-refractivity contribution in [1.82, 2.24) is 0 Å². The topological polar surface area (TPSA) is 29.5 Å². The van der Waals surface area contributed by atoms with E-state index in [0.29, 0.717) is 6.61 Å². The molecule has 2 nitrogen and oxygen atoms in total. The zero-order chi connectivity index (χ0) is 11.0. The lowest BCUT2D eigenvalue weighted by Gasteiger charge is -2.29. The van der Waals surface area contributed by atoms with Crippen LogP contribution in [-0.2, 0) is 4.74 Å². The molecule has 1 aliphatic carbocycles. The van der Waals surface area contributed by atoms with E-state index >= 15 is 0 Å². The predicted molar refractivity (Wildman–Crippen MR) is 62.7 cm³/mol. The Bertz CT molecular complexity index is 147. The van der Waals surface area contributed by atoms with Crippen molar-refractivity contribution in [2.24, 2.45) is 0 Å². The minimum absolute atomic E-state index is 0.691. The van der Waals surface area contributed by atoms with Gasteiger partial charge in [-0.1, -0.05) is 39.0 Å². The minimum atomic E-state index is -0.812. The molecule has 1 fully saturated rings. The van der Waals surface area contributed by atoms with Crippen molar-refractivity contribution in [2.75, 3.05) is 6.61 Å². The third kappa shape index (κ3) is 5.53. The highest BCUT2D eigenvalue weighted by molar-refractivity contribution is 4.69. The molecule has 1 rings (SSSR count). The maximum atomic E-state index is 10.3. The standard InChI is InChI=1S/C13H26O2/c1-2-12-15-13(14)10-8-6-4-3-5-7-9-11-13/h14H,2-12H2,1H3. The molecule has 0 saturated heterocycles. The van der Waals surface area contributed by atoms with Gasteiger partial charge in [0, 0.05) is 19.4 Å². The number of hydrogen-bond donors (Lipinski definition) is 1. The molecule has 0 aliphatic heterocycles. The van der Waals surface area contributed by atoms with Crippen LogP contribution < -0.4 is 0 Å². The van der Waals surface area contributed by atoms with E-state index in [4.69, 9.17) is 4.74 Å². The third-order valence-electron chi connectivity index (χ3n) is 3.21. The van der Waals surface area contributed by atoms with E-state index in [-0.39, 0.29) is 0 Å². The average molecular weight is 214 g/mol. The monoisotopic (exact) mass is 214 g/mol. The van der Waals surface area contributed by atoms with Crippen LogP contribution in [0.5, 0.6) is 0 Å². The molecule has 0 aromatic carbocycles. The second-order valence-corrected chi connectivity index (χ2v) is 4.77. The summed E-state index contributed by atoms with van der Waals surface area (Å²) in [5.41, 5.74) is 0. The van der Waals surface area contributed by atoms with Gasteiger partial charge in [0.2, 0.25) is 0 Å². The number of hydrogen-bond acceptors (Lipinski definition) is 2. The summed E-state index contributed by atoms with van der Waals surface area (Å²) in [6.45, 7) is 2.78. The van der Waals surface area contributed by atoms with Crippen LogP contribution in [0, 0.1) is 0 Å². The largest absolute Gasteiger partial charge is 0.365 e. The molecule has 15 heavy (non-hydrogen) atoms. The molecular weight excluding hydrogens is 188 g/mol. The average Bonchev–Trinajstić information content (AvgIpc) is 2.25. The fourth-order valence-electron chi connectivity index (χ4n) is 2.25. The Labute approximate surface area is 94.0 Å². The molecular formula is C13H26O2. The number of aliphatic hydroxyl groups is 1. The van der Waals surface area contributed by atoms with Crippen molar-refractivity contribution in [1.29, 1.82) is 0 Å². The summed E-state index contributed by atoms with van der Waals surface area (Å²) in [6.07, 6.45) is 11.4. The molecule has 90 valence electrons. The summed E-state index contributed by atoms with van der Waals surface area (Å²) >= 11 is 0.